The van der Waals surface area contributed by atoms with Crippen molar-refractivity contribution in [1.29, 1.82) is 0 Å². The van der Waals surface area contributed by atoms with E-state index in [0.29, 0.717) is 23.3 Å². The fourth-order valence-corrected chi connectivity index (χ4v) is 3.22. The van der Waals surface area contributed by atoms with Crippen molar-refractivity contribution in [2.75, 3.05) is 27.2 Å². The highest BCUT2D eigenvalue weighted by molar-refractivity contribution is 5.86. The van der Waals surface area contributed by atoms with Crippen molar-refractivity contribution < 1.29 is 14.6 Å². The number of hydrogen-bond donors (Lipinski definition) is 1. The first kappa shape index (κ1) is 20.0. The van der Waals surface area contributed by atoms with Gasteiger partial charge in [0.1, 0.15) is 12.4 Å². The molecular formula is C20H28N2O4. The molecule has 142 valence electrons. The molecule has 0 radical (unpaired) electrons. The number of rotatable bonds is 8. The molecule has 1 aromatic heterocycles. The highest BCUT2D eigenvalue weighted by Crippen LogP contribution is 2.29. The first-order chi connectivity index (χ1) is 12.2. The average molecular weight is 360 g/mol. The zero-order valence-corrected chi connectivity index (χ0v) is 16.2. The van der Waals surface area contributed by atoms with Crippen molar-refractivity contribution in [3.05, 3.63) is 39.7 Å². The molecule has 26 heavy (non-hydrogen) atoms. The van der Waals surface area contributed by atoms with Gasteiger partial charge in [0.25, 0.3) is 0 Å². The summed E-state index contributed by atoms with van der Waals surface area (Å²) >= 11 is 0. The number of aliphatic carboxylic acids is 1. The van der Waals surface area contributed by atoms with Crippen LogP contribution in [0.4, 0.5) is 0 Å². The molecule has 0 saturated carbocycles. The molecule has 1 N–H and O–H groups in total. The van der Waals surface area contributed by atoms with Gasteiger partial charge in [-0.15, -0.1) is 0 Å². The Kier molecular flexibility index (Phi) is 6.42. The number of ether oxygens (including phenoxy) is 1. The molecule has 0 bridgehead atoms. The maximum atomic E-state index is 13.0. The van der Waals surface area contributed by atoms with Gasteiger partial charge in [-0.3, -0.25) is 9.59 Å². The second kappa shape index (κ2) is 8.36. The summed E-state index contributed by atoms with van der Waals surface area (Å²) in [6.45, 7) is 7.29. The average Bonchev–Trinajstić information content (AvgIpc) is 2.54. The molecule has 1 heterocycles. The number of benzene rings is 1. The van der Waals surface area contributed by atoms with Crippen molar-refractivity contribution in [3.8, 4) is 5.75 Å². The highest BCUT2D eigenvalue weighted by atomic mass is 16.5. The predicted octanol–water partition coefficient (Wildman–Crippen LogP) is 2.85. The van der Waals surface area contributed by atoms with Crippen LogP contribution in [0.5, 0.6) is 5.75 Å². The first-order valence-corrected chi connectivity index (χ1v) is 8.90. The quantitative estimate of drug-likeness (QED) is 0.784. The van der Waals surface area contributed by atoms with Crippen molar-refractivity contribution >= 4 is 16.9 Å². The van der Waals surface area contributed by atoms with E-state index in [9.17, 15) is 9.59 Å². The van der Waals surface area contributed by atoms with Crippen LogP contribution in [0.3, 0.4) is 0 Å². The number of nitrogens with zero attached hydrogens (tertiary/aromatic N) is 2. The monoisotopic (exact) mass is 360 g/mol. The van der Waals surface area contributed by atoms with E-state index in [0.717, 1.165) is 17.8 Å². The number of para-hydroxylation sites is 1. The van der Waals surface area contributed by atoms with Crippen molar-refractivity contribution in [2.24, 2.45) is 0 Å². The van der Waals surface area contributed by atoms with E-state index < -0.39 is 5.97 Å². The Morgan fingerprint density at radius 1 is 1.31 bits per heavy atom. The van der Waals surface area contributed by atoms with Crippen molar-refractivity contribution in [2.45, 2.75) is 39.7 Å². The molecule has 2 rings (SSSR count). The molecule has 6 nitrogen and oxygen atoms in total. The molecular weight excluding hydrogens is 332 g/mol. The lowest BCUT2D eigenvalue weighted by atomic mass is 10.0. The molecule has 0 aliphatic rings. The Morgan fingerprint density at radius 3 is 2.58 bits per heavy atom. The number of pyridine rings is 1. The molecule has 0 atom stereocenters. The van der Waals surface area contributed by atoms with Gasteiger partial charge in [-0.05, 0) is 53.4 Å². The predicted molar refractivity (Wildman–Crippen MR) is 103 cm³/mol. The Balaban J connectivity index is 2.64. The zero-order valence-electron chi connectivity index (χ0n) is 16.2. The van der Waals surface area contributed by atoms with Gasteiger partial charge in [-0.2, -0.15) is 0 Å². The third-order valence-electron chi connectivity index (χ3n) is 4.46. The maximum Gasteiger partial charge on any atom is 0.303 e. The molecule has 6 heteroatoms. The van der Waals surface area contributed by atoms with Gasteiger partial charge in [0.15, 0.2) is 5.43 Å². The van der Waals surface area contributed by atoms with Crippen LogP contribution in [0.25, 0.3) is 10.9 Å². The lowest BCUT2D eigenvalue weighted by Crippen LogP contribution is -2.23. The summed E-state index contributed by atoms with van der Waals surface area (Å²) in [5.41, 5.74) is 2.05. The third kappa shape index (κ3) is 4.25. The van der Waals surface area contributed by atoms with E-state index >= 15 is 0 Å². The number of carbonyl (C=O) groups is 1. The van der Waals surface area contributed by atoms with Gasteiger partial charge in [0.2, 0.25) is 0 Å². The molecule has 0 saturated heterocycles. The fourth-order valence-electron chi connectivity index (χ4n) is 3.22. The van der Waals surface area contributed by atoms with E-state index in [4.69, 9.17) is 9.84 Å². The number of likely N-dealkylation sites (N-methyl/N-ethyl adjacent to an activating group) is 1. The second-order valence-corrected chi connectivity index (χ2v) is 7.05. The zero-order chi connectivity index (χ0) is 19.4. The first-order valence-electron chi connectivity index (χ1n) is 8.90. The van der Waals surface area contributed by atoms with Gasteiger partial charge in [0, 0.05) is 35.7 Å². The summed E-state index contributed by atoms with van der Waals surface area (Å²) in [7, 11) is 3.96. The minimum absolute atomic E-state index is 0.0568. The summed E-state index contributed by atoms with van der Waals surface area (Å²) in [5, 5.41) is 9.58. The van der Waals surface area contributed by atoms with E-state index in [-0.39, 0.29) is 24.3 Å². The summed E-state index contributed by atoms with van der Waals surface area (Å²) in [4.78, 5) is 26.0. The Bertz CT molecular complexity index is 853. The Morgan fingerprint density at radius 2 is 2.00 bits per heavy atom. The topological polar surface area (TPSA) is 71.8 Å². The largest absolute Gasteiger partial charge is 0.490 e. The summed E-state index contributed by atoms with van der Waals surface area (Å²) in [6, 6.07) is 5.60. The van der Waals surface area contributed by atoms with Crippen LogP contribution in [0, 0.1) is 6.92 Å². The van der Waals surface area contributed by atoms with Crippen LogP contribution >= 0.6 is 0 Å². The van der Waals surface area contributed by atoms with E-state index in [1.807, 2.05) is 38.1 Å². The standard InChI is InChI=1S/C20H28N2O4/c1-13(2)22-14(3)15(9-10-18(23)24)20(25)16-7-6-8-17(19(16)22)26-12-11-21(4)5/h6-8,13H,9-12H2,1-5H3,(H,23,24). The molecule has 2 aromatic rings. The van der Waals surface area contributed by atoms with Gasteiger partial charge >= 0.3 is 5.97 Å². The summed E-state index contributed by atoms with van der Waals surface area (Å²) < 4.78 is 8.06. The third-order valence-corrected chi connectivity index (χ3v) is 4.46. The molecule has 0 spiro atoms. The van der Waals surface area contributed by atoms with Gasteiger partial charge < -0.3 is 19.3 Å². The summed E-state index contributed by atoms with van der Waals surface area (Å²) in [5.74, 6) is -0.219. The number of carboxylic acid groups (broad SMARTS) is 1. The lowest BCUT2D eigenvalue weighted by Gasteiger charge is -2.23. The second-order valence-electron chi connectivity index (χ2n) is 7.05. The smallest absolute Gasteiger partial charge is 0.303 e. The minimum atomic E-state index is -0.902. The van der Waals surface area contributed by atoms with Crippen LogP contribution in [0.15, 0.2) is 23.0 Å². The van der Waals surface area contributed by atoms with E-state index in [1.165, 1.54) is 0 Å². The molecule has 0 aliphatic carbocycles. The Hall–Kier alpha value is -2.34. The van der Waals surface area contributed by atoms with Crippen molar-refractivity contribution in [1.82, 2.24) is 9.47 Å². The van der Waals surface area contributed by atoms with Crippen LogP contribution in [-0.2, 0) is 11.2 Å². The van der Waals surface area contributed by atoms with Crippen molar-refractivity contribution in [3.63, 3.8) is 0 Å². The molecule has 0 amide bonds. The SMILES string of the molecule is Cc1c(CCC(=O)O)c(=O)c2cccc(OCCN(C)C)c2n1C(C)C. The van der Waals surface area contributed by atoms with Crippen LogP contribution in [0.2, 0.25) is 0 Å². The van der Waals surface area contributed by atoms with Crippen LogP contribution in [0.1, 0.15) is 37.6 Å². The highest BCUT2D eigenvalue weighted by Gasteiger charge is 2.19. The van der Waals surface area contributed by atoms with E-state index in [2.05, 4.69) is 18.4 Å². The number of carboxylic acids is 1. The normalized spacial score (nSPS) is 11.5. The number of aromatic nitrogens is 1. The molecule has 0 unspecified atom stereocenters. The van der Waals surface area contributed by atoms with Crippen LogP contribution < -0.4 is 10.2 Å². The van der Waals surface area contributed by atoms with Gasteiger partial charge in [-0.1, -0.05) is 6.07 Å². The number of hydrogen-bond acceptors (Lipinski definition) is 4. The lowest BCUT2D eigenvalue weighted by molar-refractivity contribution is -0.136. The molecule has 0 aliphatic heterocycles. The molecule has 0 fully saturated rings. The Labute approximate surface area is 154 Å². The van der Waals surface area contributed by atoms with Gasteiger partial charge in [-0.25, -0.2) is 0 Å². The van der Waals surface area contributed by atoms with Crippen LogP contribution in [-0.4, -0.2) is 47.8 Å². The van der Waals surface area contributed by atoms with Gasteiger partial charge in [0.05, 0.1) is 5.52 Å². The minimum Gasteiger partial charge on any atom is -0.490 e. The number of fused-ring (bicyclic) bond motifs is 1. The fraction of sp³-hybridized carbons (Fsp3) is 0.500. The maximum absolute atomic E-state index is 13.0. The summed E-state index contributed by atoms with van der Waals surface area (Å²) in [6.07, 6.45) is 0.174. The van der Waals surface area contributed by atoms with E-state index in [1.54, 1.807) is 6.07 Å². The molecule has 1 aromatic carbocycles.